The van der Waals surface area contributed by atoms with Crippen molar-refractivity contribution in [1.82, 2.24) is 20.9 Å². The lowest BCUT2D eigenvalue weighted by molar-refractivity contribution is -0.141. The van der Waals surface area contributed by atoms with Crippen LogP contribution in [0.4, 0.5) is 0 Å². The maximum Gasteiger partial charge on any atom is 0.327 e. The third kappa shape index (κ3) is 5.08. The van der Waals surface area contributed by atoms with E-state index in [1.54, 1.807) is 4.90 Å². The van der Waals surface area contributed by atoms with Crippen LogP contribution in [0.5, 0.6) is 0 Å². The minimum absolute atomic E-state index is 0.0473. The number of amides is 3. The van der Waals surface area contributed by atoms with E-state index in [0.29, 0.717) is 13.0 Å². The molecule has 3 amide bonds. The van der Waals surface area contributed by atoms with Crippen LogP contribution in [0.1, 0.15) is 25.7 Å². The van der Waals surface area contributed by atoms with Gasteiger partial charge in [0.05, 0.1) is 12.6 Å². The Kier molecular flexibility index (Phi) is 7.06. The van der Waals surface area contributed by atoms with E-state index in [2.05, 4.69) is 28.6 Å². The first-order valence-corrected chi connectivity index (χ1v) is 9.02. The first-order chi connectivity index (χ1) is 11.9. The maximum atomic E-state index is 12.5. The molecule has 0 spiro atoms. The second-order valence-corrected chi connectivity index (χ2v) is 6.56. The number of carbonyl (C=O) groups excluding carboxylic acids is 3. The summed E-state index contributed by atoms with van der Waals surface area (Å²) in [7, 11) is 0. The van der Waals surface area contributed by atoms with Gasteiger partial charge in [0.15, 0.2) is 0 Å². The highest BCUT2D eigenvalue weighted by molar-refractivity contribution is 7.80. The van der Waals surface area contributed by atoms with Crippen molar-refractivity contribution >= 4 is 36.3 Å². The second-order valence-electron chi connectivity index (χ2n) is 6.20. The fourth-order valence-corrected chi connectivity index (χ4v) is 3.36. The van der Waals surface area contributed by atoms with Gasteiger partial charge in [-0.1, -0.05) is 0 Å². The number of hydrogen-bond donors (Lipinski definition) is 5. The smallest absolute Gasteiger partial charge is 0.327 e. The summed E-state index contributed by atoms with van der Waals surface area (Å²) in [6.45, 7) is 0.996. The molecule has 2 heterocycles. The molecule has 25 heavy (non-hydrogen) atoms. The molecule has 2 saturated heterocycles. The molecule has 2 rings (SSSR count). The van der Waals surface area contributed by atoms with E-state index >= 15 is 0 Å². The number of carboxylic acids is 1. The number of likely N-dealkylation sites (tertiary alicyclic amines) is 1. The Labute approximate surface area is 151 Å². The average molecular weight is 372 g/mol. The van der Waals surface area contributed by atoms with Crippen molar-refractivity contribution in [1.29, 1.82) is 0 Å². The lowest BCUT2D eigenvalue weighted by atomic mass is 10.1. The van der Waals surface area contributed by atoms with E-state index in [0.717, 1.165) is 25.8 Å². The SMILES string of the molecule is O=C(CNC(=O)C1CCCN1C(=O)C1CCCN1)NC(CS)C(=O)O. The van der Waals surface area contributed by atoms with Crippen molar-refractivity contribution in [2.24, 2.45) is 0 Å². The van der Waals surface area contributed by atoms with Gasteiger partial charge in [-0.3, -0.25) is 14.4 Å². The van der Waals surface area contributed by atoms with E-state index in [1.807, 2.05) is 0 Å². The quantitative estimate of drug-likeness (QED) is 0.341. The molecule has 0 aromatic heterocycles. The van der Waals surface area contributed by atoms with Gasteiger partial charge in [-0.2, -0.15) is 12.6 Å². The molecule has 2 aliphatic rings. The summed E-state index contributed by atoms with van der Waals surface area (Å²) in [5, 5.41) is 16.8. The molecule has 0 bridgehead atoms. The van der Waals surface area contributed by atoms with Gasteiger partial charge < -0.3 is 26.0 Å². The van der Waals surface area contributed by atoms with Crippen LogP contribution in [-0.4, -0.2) is 77.2 Å². The fraction of sp³-hybridized carbons (Fsp3) is 0.733. The number of nitrogens with zero attached hydrogens (tertiary/aromatic N) is 1. The molecular weight excluding hydrogens is 348 g/mol. The predicted octanol–water partition coefficient (Wildman–Crippen LogP) is -1.66. The van der Waals surface area contributed by atoms with E-state index in [-0.39, 0.29) is 24.2 Å². The number of thiol groups is 1. The molecule has 0 aromatic carbocycles. The zero-order valence-corrected chi connectivity index (χ0v) is 14.8. The molecule has 4 N–H and O–H groups in total. The number of hydrogen-bond acceptors (Lipinski definition) is 6. The van der Waals surface area contributed by atoms with Gasteiger partial charge in [0.2, 0.25) is 17.7 Å². The normalized spacial score (nSPS) is 24.0. The Morgan fingerprint density at radius 3 is 2.60 bits per heavy atom. The molecule has 0 radical (unpaired) electrons. The van der Waals surface area contributed by atoms with Crippen molar-refractivity contribution in [2.75, 3.05) is 25.4 Å². The van der Waals surface area contributed by atoms with Gasteiger partial charge in [-0.05, 0) is 32.2 Å². The van der Waals surface area contributed by atoms with Crippen molar-refractivity contribution < 1.29 is 24.3 Å². The number of nitrogens with one attached hydrogen (secondary N) is 3. The zero-order valence-electron chi connectivity index (χ0n) is 13.9. The molecule has 0 aromatic rings. The number of carboxylic acid groups (broad SMARTS) is 1. The van der Waals surface area contributed by atoms with Crippen LogP contribution in [0.15, 0.2) is 0 Å². The predicted molar refractivity (Wildman–Crippen MR) is 92.2 cm³/mol. The highest BCUT2D eigenvalue weighted by Crippen LogP contribution is 2.20. The molecule has 10 heteroatoms. The topological polar surface area (TPSA) is 128 Å². The van der Waals surface area contributed by atoms with Gasteiger partial charge >= 0.3 is 5.97 Å². The average Bonchev–Trinajstić information content (AvgIpc) is 3.27. The first-order valence-electron chi connectivity index (χ1n) is 8.38. The molecular formula is C15H24N4O5S. The summed E-state index contributed by atoms with van der Waals surface area (Å²) in [6, 6.07) is -1.92. The Morgan fingerprint density at radius 2 is 2.00 bits per heavy atom. The summed E-state index contributed by atoms with van der Waals surface area (Å²) >= 11 is 3.85. The molecule has 0 aliphatic carbocycles. The maximum absolute atomic E-state index is 12.5. The molecule has 3 unspecified atom stereocenters. The summed E-state index contributed by atoms with van der Waals surface area (Å²) in [5.41, 5.74) is 0. The molecule has 2 aliphatic heterocycles. The van der Waals surface area contributed by atoms with Crippen LogP contribution < -0.4 is 16.0 Å². The molecule has 140 valence electrons. The van der Waals surface area contributed by atoms with Crippen LogP contribution in [0.25, 0.3) is 0 Å². The standard InChI is InChI=1S/C15H24N4O5S/c20-12(18-10(8-25)15(23)24)7-17-13(21)11-4-2-6-19(11)14(22)9-3-1-5-16-9/h9-11,16,25H,1-8H2,(H,17,21)(H,18,20)(H,23,24). The molecule has 2 fully saturated rings. The van der Waals surface area contributed by atoms with E-state index in [1.165, 1.54) is 0 Å². The second kappa shape index (κ2) is 9.04. The zero-order chi connectivity index (χ0) is 18.4. The third-order valence-electron chi connectivity index (χ3n) is 4.44. The minimum atomic E-state index is -1.19. The Morgan fingerprint density at radius 1 is 1.24 bits per heavy atom. The summed E-state index contributed by atoms with van der Waals surface area (Å²) < 4.78 is 0. The fourth-order valence-electron chi connectivity index (χ4n) is 3.11. The molecule has 9 nitrogen and oxygen atoms in total. The minimum Gasteiger partial charge on any atom is -0.480 e. The Balaban J connectivity index is 1.83. The number of rotatable bonds is 7. The lowest BCUT2D eigenvalue weighted by Gasteiger charge is -2.26. The van der Waals surface area contributed by atoms with Crippen LogP contribution in [0, 0.1) is 0 Å². The van der Waals surface area contributed by atoms with Gasteiger partial charge in [0.25, 0.3) is 0 Å². The highest BCUT2D eigenvalue weighted by atomic mass is 32.1. The Bertz CT molecular complexity index is 538. The summed E-state index contributed by atoms with van der Waals surface area (Å²) in [6.07, 6.45) is 3.01. The van der Waals surface area contributed by atoms with Crippen molar-refractivity contribution in [3.63, 3.8) is 0 Å². The van der Waals surface area contributed by atoms with Crippen molar-refractivity contribution in [2.45, 2.75) is 43.8 Å². The summed E-state index contributed by atoms with van der Waals surface area (Å²) in [5.74, 6) is -2.30. The molecule has 3 atom stereocenters. The van der Waals surface area contributed by atoms with Crippen LogP contribution in [0.3, 0.4) is 0 Å². The molecule has 0 saturated carbocycles. The largest absolute Gasteiger partial charge is 0.480 e. The van der Waals surface area contributed by atoms with Crippen molar-refractivity contribution in [3.8, 4) is 0 Å². The van der Waals surface area contributed by atoms with E-state index < -0.39 is 29.9 Å². The van der Waals surface area contributed by atoms with Gasteiger partial charge in [-0.15, -0.1) is 0 Å². The van der Waals surface area contributed by atoms with Crippen molar-refractivity contribution in [3.05, 3.63) is 0 Å². The monoisotopic (exact) mass is 372 g/mol. The van der Waals surface area contributed by atoms with Gasteiger partial charge in [0.1, 0.15) is 12.1 Å². The van der Waals surface area contributed by atoms with Crippen LogP contribution >= 0.6 is 12.6 Å². The van der Waals surface area contributed by atoms with E-state index in [4.69, 9.17) is 5.11 Å². The number of carbonyl (C=O) groups is 4. The first kappa shape index (κ1) is 19.5. The highest BCUT2D eigenvalue weighted by Gasteiger charge is 2.37. The summed E-state index contributed by atoms with van der Waals surface area (Å²) in [4.78, 5) is 49.0. The van der Waals surface area contributed by atoms with Crippen LogP contribution in [-0.2, 0) is 19.2 Å². The lowest BCUT2D eigenvalue weighted by Crippen LogP contribution is -2.53. The Hall–Kier alpha value is -1.81. The number of aliphatic carboxylic acids is 1. The van der Waals surface area contributed by atoms with E-state index in [9.17, 15) is 19.2 Å². The van der Waals surface area contributed by atoms with Gasteiger partial charge in [-0.25, -0.2) is 4.79 Å². The van der Waals surface area contributed by atoms with Crippen LogP contribution in [0.2, 0.25) is 0 Å². The third-order valence-corrected chi connectivity index (χ3v) is 4.80. The van der Waals surface area contributed by atoms with Gasteiger partial charge in [0, 0.05) is 12.3 Å².